The third-order valence-corrected chi connectivity index (χ3v) is 6.61. The average Bonchev–Trinajstić information content (AvgIpc) is 3.48. The molecule has 0 bridgehead atoms. The SMILES string of the molecule is Cc1ccc(C)c(NC(=O)CN2C(=O)C3(COc4cc5c(cc43)OCO5)c3ccccc32)c1. The fourth-order valence-electron chi connectivity index (χ4n) is 4.93. The molecule has 0 radical (unpaired) electrons. The van der Waals surface area contributed by atoms with Gasteiger partial charge in [-0.25, -0.2) is 0 Å². The summed E-state index contributed by atoms with van der Waals surface area (Å²) in [5.74, 6) is 1.36. The van der Waals surface area contributed by atoms with Gasteiger partial charge < -0.3 is 24.4 Å². The first-order chi connectivity index (χ1) is 16.0. The van der Waals surface area contributed by atoms with E-state index in [2.05, 4.69) is 5.32 Å². The zero-order valence-corrected chi connectivity index (χ0v) is 18.3. The Kier molecular flexibility index (Phi) is 4.17. The largest absolute Gasteiger partial charge is 0.491 e. The Balaban J connectivity index is 1.37. The standard InChI is InChI=1S/C26H22N2O5/c1-15-7-8-16(2)19(9-15)27-24(29)12-28-20-6-4-3-5-17(20)26(25(28)30)13-31-21-11-23-22(10-18(21)26)32-14-33-23/h3-11H,12-14H2,1-2H3,(H,27,29). The Hall–Kier alpha value is -4.00. The van der Waals surface area contributed by atoms with Crippen molar-refractivity contribution in [3.63, 3.8) is 0 Å². The molecule has 1 atom stereocenters. The smallest absolute Gasteiger partial charge is 0.246 e. The van der Waals surface area contributed by atoms with Gasteiger partial charge in [-0.05, 0) is 48.7 Å². The molecule has 7 nitrogen and oxygen atoms in total. The molecule has 1 N–H and O–H groups in total. The van der Waals surface area contributed by atoms with Gasteiger partial charge in [-0.2, -0.15) is 0 Å². The highest BCUT2D eigenvalue weighted by Gasteiger charge is 2.57. The molecule has 7 heteroatoms. The molecule has 33 heavy (non-hydrogen) atoms. The van der Waals surface area contributed by atoms with E-state index in [-0.39, 0.29) is 31.8 Å². The third-order valence-electron chi connectivity index (χ3n) is 6.61. The lowest BCUT2D eigenvalue weighted by molar-refractivity contribution is -0.124. The van der Waals surface area contributed by atoms with Crippen molar-refractivity contribution < 1.29 is 23.8 Å². The van der Waals surface area contributed by atoms with Crippen molar-refractivity contribution in [1.82, 2.24) is 0 Å². The Morgan fingerprint density at radius 3 is 2.61 bits per heavy atom. The van der Waals surface area contributed by atoms with Gasteiger partial charge in [-0.3, -0.25) is 9.59 Å². The molecule has 166 valence electrons. The van der Waals surface area contributed by atoms with Crippen molar-refractivity contribution in [2.75, 3.05) is 30.2 Å². The maximum absolute atomic E-state index is 14.0. The van der Waals surface area contributed by atoms with Crippen LogP contribution in [-0.2, 0) is 15.0 Å². The number of rotatable bonds is 3. The summed E-state index contributed by atoms with van der Waals surface area (Å²) in [5.41, 5.74) is 4.02. The van der Waals surface area contributed by atoms with Crippen LogP contribution < -0.4 is 24.4 Å². The summed E-state index contributed by atoms with van der Waals surface area (Å²) in [4.78, 5) is 28.5. The van der Waals surface area contributed by atoms with E-state index in [1.165, 1.54) is 0 Å². The van der Waals surface area contributed by atoms with Crippen LogP contribution in [0.15, 0.2) is 54.6 Å². The fraction of sp³-hybridized carbons (Fsp3) is 0.231. The lowest BCUT2D eigenvalue weighted by Crippen LogP contribution is -2.45. The second kappa shape index (κ2) is 7.00. The van der Waals surface area contributed by atoms with E-state index in [1.807, 2.05) is 62.4 Å². The first-order valence-electron chi connectivity index (χ1n) is 10.8. The number of ether oxygens (including phenoxy) is 3. The number of nitrogens with zero attached hydrogens (tertiary/aromatic N) is 1. The van der Waals surface area contributed by atoms with Crippen LogP contribution in [0.5, 0.6) is 17.2 Å². The molecule has 0 aromatic heterocycles. The maximum atomic E-state index is 14.0. The van der Waals surface area contributed by atoms with E-state index < -0.39 is 5.41 Å². The number of hydrogen-bond acceptors (Lipinski definition) is 5. The maximum Gasteiger partial charge on any atom is 0.246 e. The van der Waals surface area contributed by atoms with Crippen LogP contribution in [0, 0.1) is 13.8 Å². The number of amides is 2. The number of para-hydroxylation sites is 1. The fourth-order valence-corrected chi connectivity index (χ4v) is 4.93. The van der Waals surface area contributed by atoms with Crippen LogP contribution in [0.1, 0.15) is 22.3 Å². The first-order valence-corrected chi connectivity index (χ1v) is 10.8. The number of benzene rings is 3. The van der Waals surface area contributed by atoms with Crippen LogP contribution >= 0.6 is 0 Å². The van der Waals surface area contributed by atoms with Crippen molar-refractivity contribution in [3.8, 4) is 17.2 Å². The summed E-state index contributed by atoms with van der Waals surface area (Å²) < 4.78 is 17.0. The van der Waals surface area contributed by atoms with E-state index >= 15 is 0 Å². The minimum Gasteiger partial charge on any atom is -0.491 e. The monoisotopic (exact) mass is 442 g/mol. The van der Waals surface area contributed by atoms with E-state index in [9.17, 15) is 9.59 Å². The highest BCUT2D eigenvalue weighted by Crippen LogP contribution is 2.54. The van der Waals surface area contributed by atoms with Crippen molar-refractivity contribution in [1.29, 1.82) is 0 Å². The van der Waals surface area contributed by atoms with E-state index in [0.29, 0.717) is 22.9 Å². The van der Waals surface area contributed by atoms with E-state index in [1.54, 1.807) is 11.0 Å². The molecule has 3 aromatic rings. The predicted molar refractivity (Wildman–Crippen MR) is 122 cm³/mol. The second-order valence-corrected chi connectivity index (χ2v) is 8.67. The van der Waals surface area contributed by atoms with E-state index in [0.717, 1.165) is 27.9 Å². The molecule has 0 saturated carbocycles. The highest BCUT2D eigenvalue weighted by atomic mass is 16.7. The van der Waals surface area contributed by atoms with Crippen molar-refractivity contribution in [3.05, 3.63) is 76.9 Å². The minimum atomic E-state index is -1.02. The molecular weight excluding hydrogens is 420 g/mol. The van der Waals surface area contributed by atoms with E-state index in [4.69, 9.17) is 14.2 Å². The zero-order chi connectivity index (χ0) is 22.7. The van der Waals surface area contributed by atoms with Crippen LogP contribution in [0.3, 0.4) is 0 Å². The molecule has 3 aliphatic heterocycles. The normalized spacial score (nSPS) is 19.5. The van der Waals surface area contributed by atoms with Crippen LogP contribution in [0.4, 0.5) is 11.4 Å². The molecule has 0 fully saturated rings. The summed E-state index contributed by atoms with van der Waals surface area (Å²) in [5, 5.41) is 2.96. The van der Waals surface area contributed by atoms with Gasteiger partial charge in [0.1, 0.15) is 24.3 Å². The number of nitrogens with one attached hydrogen (secondary N) is 1. The van der Waals surface area contributed by atoms with Gasteiger partial charge >= 0.3 is 0 Å². The molecule has 3 heterocycles. The molecule has 1 unspecified atom stereocenters. The minimum absolute atomic E-state index is 0.0924. The number of carbonyl (C=O) groups excluding carboxylic acids is 2. The van der Waals surface area contributed by atoms with Crippen molar-refractivity contribution >= 4 is 23.2 Å². The number of hydrogen-bond donors (Lipinski definition) is 1. The number of carbonyl (C=O) groups is 2. The van der Waals surface area contributed by atoms with Gasteiger partial charge in [0, 0.05) is 23.0 Å². The highest BCUT2D eigenvalue weighted by molar-refractivity contribution is 6.14. The molecule has 0 saturated heterocycles. The summed E-state index contributed by atoms with van der Waals surface area (Å²) in [6, 6.07) is 17.1. The summed E-state index contributed by atoms with van der Waals surface area (Å²) in [6.07, 6.45) is 0. The predicted octanol–water partition coefficient (Wildman–Crippen LogP) is 3.70. The molecule has 1 spiro atoms. The van der Waals surface area contributed by atoms with Gasteiger partial charge in [0.15, 0.2) is 11.5 Å². The summed E-state index contributed by atoms with van der Waals surface area (Å²) in [6.45, 7) is 4.13. The van der Waals surface area contributed by atoms with Gasteiger partial charge in [0.2, 0.25) is 18.6 Å². The molecule has 0 aliphatic carbocycles. The second-order valence-electron chi connectivity index (χ2n) is 8.67. The first kappa shape index (κ1) is 19.7. The zero-order valence-electron chi connectivity index (χ0n) is 18.3. The quantitative estimate of drug-likeness (QED) is 0.670. The molecule has 6 rings (SSSR count). The molecule has 3 aliphatic rings. The summed E-state index contributed by atoms with van der Waals surface area (Å²) >= 11 is 0. The van der Waals surface area contributed by atoms with Gasteiger partial charge in [0.05, 0.1) is 0 Å². The van der Waals surface area contributed by atoms with Crippen molar-refractivity contribution in [2.24, 2.45) is 0 Å². The van der Waals surface area contributed by atoms with Gasteiger partial charge in [-0.15, -0.1) is 0 Å². The van der Waals surface area contributed by atoms with Gasteiger partial charge in [-0.1, -0.05) is 30.3 Å². The number of anilines is 2. The Bertz CT molecular complexity index is 1330. The number of aryl methyl sites for hydroxylation is 2. The van der Waals surface area contributed by atoms with Crippen LogP contribution in [0.25, 0.3) is 0 Å². The topological polar surface area (TPSA) is 77.1 Å². The Morgan fingerprint density at radius 1 is 0.970 bits per heavy atom. The molecular formula is C26H22N2O5. The summed E-state index contributed by atoms with van der Waals surface area (Å²) in [7, 11) is 0. The Morgan fingerprint density at radius 2 is 1.76 bits per heavy atom. The Labute approximate surface area is 190 Å². The van der Waals surface area contributed by atoms with Crippen LogP contribution in [-0.4, -0.2) is 31.8 Å². The lowest BCUT2D eigenvalue weighted by Gasteiger charge is -2.23. The molecule has 2 amide bonds. The van der Waals surface area contributed by atoms with Crippen LogP contribution in [0.2, 0.25) is 0 Å². The number of fused-ring (bicyclic) bond motifs is 5. The lowest BCUT2D eigenvalue weighted by atomic mass is 9.77. The average molecular weight is 442 g/mol. The third kappa shape index (κ3) is 2.81. The van der Waals surface area contributed by atoms with Crippen molar-refractivity contribution in [2.45, 2.75) is 19.3 Å². The molecule has 3 aromatic carbocycles. The van der Waals surface area contributed by atoms with Gasteiger partial charge in [0.25, 0.3) is 0 Å².